The fourth-order valence-corrected chi connectivity index (χ4v) is 12.2. The molecule has 5 aliphatic rings. The molecule has 0 radical (unpaired) electrons. The first-order chi connectivity index (χ1) is 30.7. The van der Waals surface area contributed by atoms with E-state index in [9.17, 15) is 39.6 Å². The van der Waals surface area contributed by atoms with E-state index in [0.29, 0.717) is 84.7 Å². The summed E-state index contributed by atoms with van der Waals surface area (Å²) in [6, 6.07) is 0. The molecule has 0 aromatic heterocycles. The second-order valence-corrected chi connectivity index (χ2v) is 18.6. The van der Waals surface area contributed by atoms with E-state index in [1.54, 1.807) is 0 Å². The average Bonchev–Trinajstić information content (AvgIpc) is 3.19. The first kappa shape index (κ1) is 58.0. The predicted molar refractivity (Wildman–Crippen MR) is 226 cm³/mol. The fourth-order valence-electron chi connectivity index (χ4n) is 9.41. The Kier molecular flexibility index (Phi) is 20.8. The van der Waals surface area contributed by atoms with Gasteiger partial charge in [0.05, 0.1) is 0 Å². The maximum absolute atomic E-state index is 12.3. The number of carboxylic acid groups (broad SMARTS) is 4. The Morgan fingerprint density at radius 2 is 0.471 bits per heavy atom. The van der Waals surface area contributed by atoms with Crippen molar-refractivity contribution in [3.05, 3.63) is 84.7 Å². The zero-order valence-electron chi connectivity index (χ0n) is 37.4. The van der Waals surface area contributed by atoms with Gasteiger partial charge in [-0.3, -0.25) is 0 Å². The van der Waals surface area contributed by atoms with Crippen LogP contribution in [0, 0.1) is 0 Å². The van der Waals surface area contributed by atoms with E-state index in [2.05, 4.69) is 63.7 Å². The molecule has 16 nitrogen and oxygen atoms in total. The molecule has 0 spiro atoms. The normalized spacial score (nSPS) is 13.9. The largest absolute Gasteiger partial charge is 1.00 e. The minimum atomic E-state index is -1.32. The minimum absolute atomic E-state index is 0. The van der Waals surface area contributed by atoms with Gasteiger partial charge < -0.3 is 77.5 Å². The molecule has 1 aliphatic carbocycles. The van der Waals surface area contributed by atoms with Gasteiger partial charge in [-0.05, 0) is 137 Å². The van der Waals surface area contributed by atoms with E-state index < -0.39 is 49.6 Å². The molecule has 0 N–H and O–H groups in total. The summed E-state index contributed by atoms with van der Waals surface area (Å²) in [5.74, 6) is -3.05. The van der Waals surface area contributed by atoms with E-state index in [4.69, 9.17) is 37.9 Å². The smallest absolute Gasteiger partial charge is 0.550 e. The second-order valence-electron chi connectivity index (χ2n) is 15.5. The summed E-state index contributed by atoms with van der Waals surface area (Å²) in [5.41, 5.74) is 6.45. The van der Waals surface area contributed by atoms with Crippen molar-refractivity contribution in [3.8, 4) is 46.0 Å². The monoisotopic (exact) mass is 1220 g/mol. The SMILES string of the molecule is O=C([O-])CCc1c2c3c(Br)c4c1Cc1c(CCC(=O)[O-])c5c(c(Br)c1OCO4)OCOc1c(Br)c4c(c(CCC(=O)[O-])c1C5)Cc1c(CCC(=O)[O-])c(c(c(Br)c1OCO4)OCO3)C2.[Na+].[Na+].[Na+].[Na+]. The Hall–Kier alpha value is -0.920. The number of rotatable bonds is 12. The van der Waals surface area contributed by atoms with E-state index in [0.717, 1.165) is 0 Å². The minimum Gasteiger partial charge on any atom is -0.550 e. The van der Waals surface area contributed by atoms with E-state index in [1.165, 1.54) is 0 Å². The first-order valence-electron chi connectivity index (χ1n) is 20.0. The predicted octanol–water partition coefficient (Wildman–Crippen LogP) is -8.93. The summed E-state index contributed by atoms with van der Waals surface area (Å²) in [7, 11) is 0. The molecule has 0 unspecified atom stereocenters. The van der Waals surface area contributed by atoms with Gasteiger partial charge in [0.15, 0.2) is 0 Å². The Morgan fingerprint density at radius 1 is 0.324 bits per heavy atom. The van der Waals surface area contributed by atoms with Gasteiger partial charge in [-0.25, -0.2) is 0 Å². The Balaban J connectivity index is 0.00000216. The molecule has 0 saturated carbocycles. The summed E-state index contributed by atoms with van der Waals surface area (Å²) in [4.78, 5) is 49.2. The number of hydrogen-bond acceptors (Lipinski definition) is 16. The molecule has 9 rings (SSSR count). The maximum atomic E-state index is 12.3. The molecular formula is C44H32Br4Na4O16. The fraction of sp³-hybridized carbons (Fsp3) is 0.364. The van der Waals surface area contributed by atoms with Crippen LogP contribution in [0.1, 0.15) is 92.4 Å². The van der Waals surface area contributed by atoms with Crippen molar-refractivity contribution in [2.75, 3.05) is 27.2 Å². The van der Waals surface area contributed by atoms with Gasteiger partial charge in [0, 0.05) is 94.1 Å². The number of carbonyl (C=O) groups excluding carboxylic acids is 4. The topological polar surface area (TPSA) is 234 Å². The maximum Gasteiger partial charge on any atom is 1.00 e. The summed E-state index contributed by atoms with van der Waals surface area (Å²) in [6.07, 6.45) is -1.82. The quantitative estimate of drug-likeness (QED) is 0.106. The van der Waals surface area contributed by atoms with Crippen LogP contribution in [0.4, 0.5) is 0 Å². The third-order valence-electron chi connectivity index (χ3n) is 12.1. The number of aliphatic carboxylic acids is 4. The van der Waals surface area contributed by atoms with Crippen LogP contribution in [0.2, 0.25) is 0 Å². The Labute approximate surface area is 511 Å². The van der Waals surface area contributed by atoms with Crippen LogP contribution < -0.4 is 177 Å². The standard InChI is InChI=1S/C44H36Br4O16.4Na/c45-33-37-21-9-23-18(2-6-30(51)52)25-11-27-20(4-8-32(55)56)28-12-26-19(3-7-31(53)54)24-10-22(17(21)1-5-29(49)50)38(33)58-14-60-40(24)35(47)42(26)62-16-64-44(28)36(48)43(27)63-15-61-41(25)34(46)39(23)59-13-57-37;;;;/h1-16H2,(H,49,50)(H,51,52)(H,53,54)(H,55,56);;;;/q;4*+1/p-4. The zero-order valence-corrected chi connectivity index (χ0v) is 51.7. The van der Waals surface area contributed by atoms with Crippen molar-refractivity contribution in [2.24, 2.45) is 0 Å². The third kappa shape index (κ3) is 11.1. The number of carbonyl (C=O) groups is 4. The van der Waals surface area contributed by atoms with Gasteiger partial charge >= 0.3 is 118 Å². The Bertz CT molecular complexity index is 2240. The van der Waals surface area contributed by atoms with Crippen LogP contribution in [-0.4, -0.2) is 51.0 Å². The van der Waals surface area contributed by atoms with Crippen molar-refractivity contribution in [1.29, 1.82) is 0 Å². The van der Waals surface area contributed by atoms with Crippen molar-refractivity contribution in [1.82, 2.24) is 0 Å². The second kappa shape index (κ2) is 24.4. The van der Waals surface area contributed by atoms with Crippen molar-refractivity contribution in [3.63, 3.8) is 0 Å². The number of carboxylic acids is 4. The van der Waals surface area contributed by atoms with Crippen LogP contribution in [0.5, 0.6) is 46.0 Å². The molecule has 24 heteroatoms. The van der Waals surface area contributed by atoms with Gasteiger partial charge in [0.2, 0.25) is 27.2 Å². The molecule has 4 heterocycles. The van der Waals surface area contributed by atoms with Crippen LogP contribution in [0.25, 0.3) is 0 Å². The molecule has 8 bridgehead atoms. The number of halogens is 4. The summed E-state index contributed by atoms with van der Waals surface area (Å²) < 4.78 is 52.2. The van der Waals surface area contributed by atoms with Crippen molar-refractivity contribution in [2.45, 2.75) is 77.0 Å². The van der Waals surface area contributed by atoms with E-state index in [-0.39, 0.29) is 243 Å². The van der Waals surface area contributed by atoms with Gasteiger partial charge in [0.1, 0.15) is 63.9 Å². The van der Waals surface area contributed by atoms with Crippen LogP contribution >= 0.6 is 63.7 Å². The number of hydrogen-bond donors (Lipinski definition) is 0. The van der Waals surface area contributed by atoms with Crippen molar-refractivity contribution >= 4 is 87.6 Å². The summed E-state index contributed by atoms with van der Waals surface area (Å²) in [5, 5.41) is 49.2. The molecular weight excluding hydrogens is 1200 g/mol. The number of benzene rings is 4. The molecule has 0 saturated heterocycles. The van der Waals surface area contributed by atoms with E-state index >= 15 is 0 Å². The molecule has 68 heavy (non-hydrogen) atoms. The molecule has 4 aromatic rings. The summed E-state index contributed by atoms with van der Waals surface area (Å²) in [6.45, 7) is -1.48. The number of ether oxygens (including phenoxy) is 8. The van der Waals surface area contributed by atoms with Gasteiger partial charge in [0.25, 0.3) is 0 Å². The van der Waals surface area contributed by atoms with E-state index in [1.807, 2.05) is 0 Å². The molecule has 4 aromatic carbocycles. The van der Waals surface area contributed by atoms with Gasteiger partial charge in [-0.2, -0.15) is 0 Å². The molecule has 0 atom stereocenters. The van der Waals surface area contributed by atoms with Crippen LogP contribution in [0.15, 0.2) is 17.9 Å². The van der Waals surface area contributed by atoms with Gasteiger partial charge in [-0.1, -0.05) is 0 Å². The van der Waals surface area contributed by atoms with Crippen molar-refractivity contribution < 1.29 is 196 Å². The molecule has 0 amide bonds. The van der Waals surface area contributed by atoms with Gasteiger partial charge in [-0.15, -0.1) is 0 Å². The molecule has 4 aliphatic heterocycles. The Morgan fingerprint density at radius 3 is 0.603 bits per heavy atom. The first-order valence-corrected chi connectivity index (χ1v) is 23.2. The molecule has 336 valence electrons. The van der Waals surface area contributed by atoms with Crippen LogP contribution in [0.3, 0.4) is 0 Å². The zero-order chi connectivity index (χ0) is 45.1. The average molecular weight is 1230 g/mol. The third-order valence-corrected chi connectivity index (χ3v) is 14.9. The summed E-state index contributed by atoms with van der Waals surface area (Å²) >= 11 is 14.9. The molecule has 0 fully saturated rings. The van der Waals surface area contributed by atoms with Crippen LogP contribution in [-0.2, 0) is 70.5 Å².